The average Bonchev–Trinajstić information content (AvgIpc) is 3.12. The minimum absolute atomic E-state index is 0.260. The third-order valence-corrected chi connectivity index (χ3v) is 3.17. The Kier molecular flexibility index (Phi) is 2.33. The van der Waals surface area contributed by atoms with Gasteiger partial charge in [0, 0.05) is 18.7 Å². The van der Waals surface area contributed by atoms with Gasteiger partial charge >= 0.3 is 0 Å². The van der Waals surface area contributed by atoms with Crippen molar-refractivity contribution >= 4 is 11.0 Å². The largest absolute Gasteiger partial charge is 0.327 e. The van der Waals surface area contributed by atoms with Crippen molar-refractivity contribution in [3.05, 3.63) is 36.2 Å². The molecule has 3 heteroatoms. The second-order valence-electron chi connectivity index (χ2n) is 4.56. The highest BCUT2D eigenvalue weighted by Gasteiger charge is 2.28. The molecule has 2 N–H and O–H groups in total. The van der Waals surface area contributed by atoms with Crippen LogP contribution in [0, 0.1) is 5.92 Å². The third-order valence-electron chi connectivity index (χ3n) is 3.17. The van der Waals surface area contributed by atoms with E-state index in [4.69, 9.17) is 5.73 Å². The summed E-state index contributed by atoms with van der Waals surface area (Å²) < 4.78 is 0. The lowest BCUT2D eigenvalue weighted by Crippen LogP contribution is -2.25. The molecule has 0 amide bonds. The summed E-state index contributed by atoms with van der Waals surface area (Å²) >= 11 is 0. The highest BCUT2D eigenvalue weighted by molar-refractivity contribution is 5.73. The predicted molar refractivity (Wildman–Crippen MR) is 63.9 cm³/mol. The molecule has 3 rings (SSSR count). The smallest absolute Gasteiger partial charge is 0.0890 e. The maximum Gasteiger partial charge on any atom is 0.0890 e. The molecular formula is C13H15N3. The summed E-state index contributed by atoms with van der Waals surface area (Å²) in [6, 6.07) is 8.20. The fourth-order valence-electron chi connectivity index (χ4n) is 2.03. The van der Waals surface area contributed by atoms with Gasteiger partial charge in [-0.3, -0.25) is 4.98 Å². The quantitative estimate of drug-likeness (QED) is 0.847. The normalized spacial score (nSPS) is 17.6. The van der Waals surface area contributed by atoms with Crippen LogP contribution in [0.25, 0.3) is 11.0 Å². The molecule has 3 nitrogen and oxygen atoms in total. The number of nitrogens with zero attached hydrogens (tertiary/aromatic N) is 2. The van der Waals surface area contributed by atoms with Gasteiger partial charge in [0.05, 0.1) is 16.7 Å². The Morgan fingerprint density at radius 2 is 2.00 bits per heavy atom. The Hall–Kier alpha value is -1.48. The molecule has 1 atom stereocenters. The highest BCUT2D eigenvalue weighted by atomic mass is 14.8. The van der Waals surface area contributed by atoms with Crippen LogP contribution in [0.3, 0.4) is 0 Å². The van der Waals surface area contributed by atoms with Crippen LogP contribution in [0.4, 0.5) is 0 Å². The summed E-state index contributed by atoms with van der Waals surface area (Å²) in [6.07, 6.45) is 5.26. The number of aromatic nitrogens is 2. The number of nitrogens with two attached hydrogens (primary N) is 1. The van der Waals surface area contributed by atoms with Gasteiger partial charge in [-0.05, 0) is 30.9 Å². The topological polar surface area (TPSA) is 51.8 Å². The van der Waals surface area contributed by atoms with Crippen LogP contribution >= 0.6 is 0 Å². The van der Waals surface area contributed by atoms with Crippen molar-refractivity contribution < 1.29 is 0 Å². The van der Waals surface area contributed by atoms with Crippen molar-refractivity contribution in [2.45, 2.75) is 25.3 Å². The maximum atomic E-state index is 6.09. The first-order chi connectivity index (χ1) is 7.83. The lowest BCUT2D eigenvalue weighted by molar-refractivity contribution is 0.584. The fraction of sp³-hybridized carbons (Fsp3) is 0.385. The van der Waals surface area contributed by atoms with E-state index >= 15 is 0 Å². The maximum absolute atomic E-state index is 6.09. The lowest BCUT2D eigenvalue weighted by Gasteiger charge is -2.09. The molecule has 1 aliphatic carbocycles. The zero-order valence-electron chi connectivity index (χ0n) is 9.13. The Bertz CT molecular complexity index is 505. The van der Waals surface area contributed by atoms with Gasteiger partial charge in [0.1, 0.15) is 0 Å². The first-order valence-corrected chi connectivity index (χ1v) is 5.79. The monoisotopic (exact) mass is 213 g/mol. The van der Waals surface area contributed by atoms with Crippen LogP contribution in [0.15, 0.2) is 30.5 Å². The molecule has 1 aliphatic rings. The zero-order valence-corrected chi connectivity index (χ0v) is 9.13. The van der Waals surface area contributed by atoms with Gasteiger partial charge in [-0.15, -0.1) is 0 Å². The van der Waals surface area contributed by atoms with Gasteiger partial charge in [0.15, 0.2) is 0 Å². The number of benzene rings is 1. The average molecular weight is 213 g/mol. The van der Waals surface area contributed by atoms with Crippen LogP contribution < -0.4 is 5.73 Å². The number of para-hydroxylation sites is 2. The second-order valence-corrected chi connectivity index (χ2v) is 4.56. The molecule has 1 aromatic heterocycles. The standard InChI is InChI=1S/C13H15N3/c14-11(9-5-6-9)7-10-8-15-12-3-1-2-4-13(12)16-10/h1-4,8-9,11H,5-7,14H2. The summed E-state index contributed by atoms with van der Waals surface area (Å²) in [5.41, 5.74) is 9.01. The molecule has 0 radical (unpaired) electrons. The molecule has 0 bridgehead atoms. The van der Waals surface area contributed by atoms with Crippen LogP contribution in [-0.2, 0) is 6.42 Å². The van der Waals surface area contributed by atoms with E-state index < -0.39 is 0 Å². The SMILES string of the molecule is NC(Cc1cnc2ccccc2n1)C1CC1. The van der Waals surface area contributed by atoms with Gasteiger partial charge in [0.2, 0.25) is 0 Å². The molecule has 82 valence electrons. The van der Waals surface area contributed by atoms with E-state index in [-0.39, 0.29) is 6.04 Å². The number of hydrogen-bond acceptors (Lipinski definition) is 3. The molecule has 0 spiro atoms. The molecular weight excluding hydrogens is 198 g/mol. The van der Waals surface area contributed by atoms with E-state index in [0.717, 1.165) is 23.1 Å². The Morgan fingerprint density at radius 3 is 2.75 bits per heavy atom. The lowest BCUT2D eigenvalue weighted by atomic mass is 10.1. The summed E-state index contributed by atoms with van der Waals surface area (Å²) in [4.78, 5) is 8.98. The molecule has 1 saturated carbocycles. The van der Waals surface area contributed by atoms with Gasteiger partial charge in [-0.2, -0.15) is 0 Å². The van der Waals surface area contributed by atoms with Crippen molar-refractivity contribution in [1.82, 2.24) is 9.97 Å². The van der Waals surface area contributed by atoms with Crippen molar-refractivity contribution in [2.75, 3.05) is 0 Å². The molecule has 2 aromatic rings. The second kappa shape index (κ2) is 3.83. The summed E-state index contributed by atoms with van der Waals surface area (Å²) in [7, 11) is 0. The molecule has 16 heavy (non-hydrogen) atoms. The van der Waals surface area contributed by atoms with E-state index in [0.29, 0.717) is 5.92 Å². The fourth-order valence-corrected chi connectivity index (χ4v) is 2.03. The van der Waals surface area contributed by atoms with Crippen molar-refractivity contribution in [3.8, 4) is 0 Å². The predicted octanol–water partition coefficient (Wildman–Crippen LogP) is 1.91. The van der Waals surface area contributed by atoms with Crippen molar-refractivity contribution in [1.29, 1.82) is 0 Å². The first-order valence-electron chi connectivity index (χ1n) is 5.79. The molecule has 0 aliphatic heterocycles. The minimum Gasteiger partial charge on any atom is -0.327 e. The summed E-state index contributed by atoms with van der Waals surface area (Å²) in [5.74, 6) is 0.716. The highest BCUT2D eigenvalue weighted by Crippen LogP contribution is 2.32. The number of fused-ring (bicyclic) bond motifs is 1. The van der Waals surface area contributed by atoms with E-state index in [1.807, 2.05) is 30.5 Å². The van der Waals surface area contributed by atoms with Crippen LogP contribution in [0.2, 0.25) is 0 Å². The summed E-state index contributed by atoms with van der Waals surface area (Å²) in [6.45, 7) is 0. The molecule has 1 fully saturated rings. The molecule has 0 saturated heterocycles. The van der Waals surface area contributed by atoms with Gasteiger partial charge in [-0.25, -0.2) is 4.98 Å². The van der Waals surface area contributed by atoms with E-state index in [2.05, 4.69) is 9.97 Å². The Morgan fingerprint density at radius 1 is 1.25 bits per heavy atom. The van der Waals surface area contributed by atoms with Gasteiger partial charge in [0.25, 0.3) is 0 Å². The van der Waals surface area contributed by atoms with Crippen molar-refractivity contribution in [3.63, 3.8) is 0 Å². The van der Waals surface area contributed by atoms with Gasteiger partial charge in [-0.1, -0.05) is 12.1 Å². The van der Waals surface area contributed by atoms with Crippen LogP contribution in [0.5, 0.6) is 0 Å². The first kappa shape index (κ1) is 9.73. The van der Waals surface area contributed by atoms with Gasteiger partial charge < -0.3 is 5.73 Å². The van der Waals surface area contributed by atoms with E-state index in [1.165, 1.54) is 12.8 Å². The summed E-state index contributed by atoms with van der Waals surface area (Å²) in [5, 5.41) is 0. The minimum atomic E-state index is 0.260. The number of rotatable bonds is 3. The Labute approximate surface area is 94.7 Å². The Balaban J connectivity index is 1.86. The van der Waals surface area contributed by atoms with Crippen LogP contribution in [-0.4, -0.2) is 16.0 Å². The van der Waals surface area contributed by atoms with Crippen molar-refractivity contribution in [2.24, 2.45) is 11.7 Å². The molecule has 1 unspecified atom stereocenters. The number of hydrogen-bond donors (Lipinski definition) is 1. The van der Waals surface area contributed by atoms with E-state index in [1.54, 1.807) is 0 Å². The third kappa shape index (κ3) is 1.91. The van der Waals surface area contributed by atoms with E-state index in [9.17, 15) is 0 Å². The molecule has 1 heterocycles. The zero-order chi connectivity index (χ0) is 11.0. The molecule has 1 aromatic carbocycles. The van der Waals surface area contributed by atoms with Crippen LogP contribution in [0.1, 0.15) is 18.5 Å².